The SMILES string of the molecule is CCNC(c1ccc(C)c(OC)c1)c1ccc(COC)o1. The highest BCUT2D eigenvalue weighted by Crippen LogP contribution is 2.28. The van der Waals surface area contributed by atoms with Gasteiger partial charge in [0.1, 0.15) is 23.9 Å². The minimum atomic E-state index is 0.00936. The van der Waals surface area contributed by atoms with Crippen LogP contribution < -0.4 is 10.1 Å². The van der Waals surface area contributed by atoms with Crippen LogP contribution in [0.25, 0.3) is 0 Å². The van der Waals surface area contributed by atoms with Crippen LogP contribution in [0.5, 0.6) is 5.75 Å². The number of hydrogen-bond acceptors (Lipinski definition) is 4. The van der Waals surface area contributed by atoms with E-state index in [1.54, 1.807) is 14.2 Å². The van der Waals surface area contributed by atoms with Crippen molar-refractivity contribution < 1.29 is 13.9 Å². The van der Waals surface area contributed by atoms with Gasteiger partial charge in [-0.2, -0.15) is 0 Å². The van der Waals surface area contributed by atoms with E-state index < -0.39 is 0 Å². The second kappa shape index (κ2) is 7.29. The summed E-state index contributed by atoms with van der Waals surface area (Å²) in [4.78, 5) is 0. The minimum Gasteiger partial charge on any atom is -0.496 e. The zero-order valence-corrected chi connectivity index (χ0v) is 13.1. The third kappa shape index (κ3) is 3.65. The Morgan fingerprint density at radius 3 is 2.67 bits per heavy atom. The number of furan rings is 1. The molecule has 0 aliphatic heterocycles. The van der Waals surface area contributed by atoms with E-state index in [-0.39, 0.29) is 6.04 Å². The van der Waals surface area contributed by atoms with Gasteiger partial charge in [0.2, 0.25) is 0 Å². The number of ether oxygens (including phenoxy) is 2. The maximum Gasteiger partial charge on any atom is 0.129 e. The Hall–Kier alpha value is -1.78. The van der Waals surface area contributed by atoms with Gasteiger partial charge in [0.15, 0.2) is 0 Å². The first-order valence-electron chi connectivity index (χ1n) is 7.15. The molecule has 0 fully saturated rings. The second-order valence-electron chi connectivity index (χ2n) is 4.96. The molecular formula is C17H23NO3. The summed E-state index contributed by atoms with van der Waals surface area (Å²) in [7, 11) is 3.35. The number of rotatable bonds is 7. The number of aryl methyl sites for hydroxylation is 1. The third-order valence-electron chi connectivity index (χ3n) is 3.43. The lowest BCUT2D eigenvalue weighted by molar-refractivity contribution is 0.162. The fourth-order valence-electron chi connectivity index (χ4n) is 2.37. The van der Waals surface area contributed by atoms with Crippen molar-refractivity contribution in [3.63, 3.8) is 0 Å². The van der Waals surface area contributed by atoms with Crippen LogP contribution in [0.2, 0.25) is 0 Å². The first kappa shape index (κ1) is 15.6. The summed E-state index contributed by atoms with van der Waals surface area (Å²) in [6.45, 7) is 5.45. The summed E-state index contributed by atoms with van der Waals surface area (Å²) < 4.78 is 16.4. The van der Waals surface area contributed by atoms with Crippen molar-refractivity contribution in [3.8, 4) is 5.75 Å². The van der Waals surface area contributed by atoms with E-state index in [1.807, 2.05) is 19.1 Å². The number of methoxy groups -OCH3 is 2. The molecule has 4 heteroatoms. The minimum absolute atomic E-state index is 0.00936. The number of benzene rings is 1. The largest absolute Gasteiger partial charge is 0.496 e. The predicted octanol–water partition coefficient (Wildman–Crippen LogP) is 3.44. The molecule has 0 spiro atoms. The van der Waals surface area contributed by atoms with Gasteiger partial charge in [-0.05, 0) is 42.8 Å². The topological polar surface area (TPSA) is 43.6 Å². The standard InChI is InChI=1S/C17H23NO3/c1-5-18-17(15-9-8-14(21-15)11-19-3)13-7-6-12(2)16(10-13)20-4/h6-10,17-18H,5,11H2,1-4H3. The Morgan fingerprint density at radius 2 is 2.00 bits per heavy atom. The van der Waals surface area contributed by atoms with Gasteiger partial charge in [-0.15, -0.1) is 0 Å². The molecule has 0 radical (unpaired) electrons. The van der Waals surface area contributed by atoms with Crippen LogP contribution in [0.15, 0.2) is 34.7 Å². The number of nitrogens with one attached hydrogen (secondary N) is 1. The van der Waals surface area contributed by atoms with Crippen molar-refractivity contribution in [2.24, 2.45) is 0 Å². The summed E-state index contributed by atoms with van der Waals surface area (Å²) in [6, 6.07) is 10.2. The molecule has 4 nitrogen and oxygen atoms in total. The summed E-state index contributed by atoms with van der Waals surface area (Å²) in [5.74, 6) is 2.60. The highest BCUT2D eigenvalue weighted by Gasteiger charge is 2.18. The van der Waals surface area contributed by atoms with Gasteiger partial charge in [-0.1, -0.05) is 19.1 Å². The Kier molecular flexibility index (Phi) is 5.42. The Balaban J connectivity index is 2.33. The van der Waals surface area contributed by atoms with Crippen LogP contribution in [0, 0.1) is 6.92 Å². The third-order valence-corrected chi connectivity index (χ3v) is 3.43. The summed E-state index contributed by atoms with van der Waals surface area (Å²) in [5, 5.41) is 3.45. The van der Waals surface area contributed by atoms with Gasteiger partial charge >= 0.3 is 0 Å². The van der Waals surface area contributed by atoms with Crippen LogP contribution in [0.3, 0.4) is 0 Å². The Morgan fingerprint density at radius 1 is 1.19 bits per heavy atom. The van der Waals surface area contributed by atoms with Crippen LogP contribution in [0.4, 0.5) is 0 Å². The van der Waals surface area contributed by atoms with E-state index in [4.69, 9.17) is 13.9 Å². The van der Waals surface area contributed by atoms with Gasteiger partial charge in [0, 0.05) is 7.11 Å². The van der Waals surface area contributed by atoms with Crippen molar-refractivity contribution in [3.05, 3.63) is 53.0 Å². The van der Waals surface area contributed by atoms with Gasteiger partial charge in [-0.3, -0.25) is 0 Å². The van der Waals surface area contributed by atoms with E-state index in [2.05, 4.69) is 30.4 Å². The van der Waals surface area contributed by atoms with Gasteiger partial charge in [0.05, 0.1) is 13.2 Å². The molecule has 1 atom stereocenters. The molecule has 1 N–H and O–H groups in total. The zero-order valence-electron chi connectivity index (χ0n) is 13.1. The van der Waals surface area contributed by atoms with Gasteiger partial charge < -0.3 is 19.2 Å². The fraction of sp³-hybridized carbons (Fsp3) is 0.412. The van der Waals surface area contributed by atoms with Gasteiger partial charge in [0.25, 0.3) is 0 Å². The maximum atomic E-state index is 5.87. The van der Waals surface area contributed by atoms with Crippen molar-refractivity contribution >= 4 is 0 Å². The lowest BCUT2D eigenvalue weighted by atomic mass is 10.0. The lowest BCUT2D eigenvalue weighted by Crippen LogP contribution is -2.21. The molecule has 1 heterocycles. The monoisotopic (exact) mass is 289 g/mol. The van der Waals surface area contributed by atoms with E-state index >= 15 is 0 Å². The summed E-state index contributed by atoms with van der Waals surface area (Å²) >= 11 is 0. The van der Waals surface area contributed by atoms with Crippen LogP contribution >= 0.6 is 0 Å². The summed E-state index contributed by atoms with van der Waals surface area (Å²) in [6.07, 6.45) is 0. The number of hydrogen-bond donors (Lipinski definition) is 1. The molecule has 0 aliphatic rings. The lowest BCUT2D eigenvalue weighted by Gasteiger charge is -2.17. The average Bonchev–Trinajstić information content (AvgIpc) is 2.94. The van der Waals surface area contributed by atoms with Crippen LogP contribution in [-0.2, 0) is 11.3 Å². The Bertz CT molecular complexity index is 577. The molecule has 0 aliphatic carbocycles. The Labute approximate surface area is 126 Å². The second-order valence-corrected chi connectivity index (χ2v) is 4.96. The molecule has 1 aromatic carbocycles. The van der Waals surface area contributed by atoms with E-state index in [0.29, 0.717) is 6.61 Å². The van der Waals surface area contributed by atoms with Crippen LogP contribution in [-0.4, -0.2) is 20.8 Å². The van der Waals surface area contributed by atoms with E-state index in [1.165, 1.54) is 0 Å². The smallest absolute Gasteiger partial charge is 0.129 e. The normalized spacial score (nSPS) is 12.4. The highest BCUT2D eigenvalue weighted by atomic mass is 16.5. The first-order valence-corrected chi connectivity index (χ1v) is 7.15. The highest BCUT2D eigenvalue weighted by molar-refractivity contribution is 5.40. The van der Waals surface area contributed by atoms with E-state index in [9.17, 15) is 0 Å². The van der Waals surface area contributed by atoms with Crippen molar-refractivity contribution in [2.45, 2.75) is 26.5 Å². The predicted molar refractivity (Wildman–Crippen MR) is 82.7 cm³/mol. The van der Waals surface area contributed by atoms with E-state index in [0.717, 1.165) is 34.9 Å². The van der Waals surface area contributed by atoms with Crippen LogP contribution in [0.1, 0.15) is 35.6 Å². The average molecular weight is 289 g/mol. The molecule has 0 saturated heterocycles. The fourth-order valence-corrected chi connectivity index (χ4v) is 2.37. The molecule has 0 amide bonds. The maximum absolute atomic E-state index is 5.87. The zero-order chi connectivity index (χ0) is 15.2. The molecule has 0 bridgehead atoms. The molecule has 2 aromatic rings. The van der Waals surface area contributed by atoms with Gasteiger partial charge in [-0.25, -0.2) is 0 Å². The molecule has 21 heavy (non-hydrogen) atoms. The van der Waals surface area contributed by atoms with Crippen molar-refractivity contribution in [2.75, 3.05) is 20.8 Å². The van der Waals surface area contributed by atoms with Crippen molar-refractivity contribution in [1.29, 1.82) is 0 Å². The molecule has 114 valence electrons. The molecule has 1 unspecified atom stereocenters. The van der Waals surface area contributed by atoms with Crippen molar-refractivity contribution in [1.82, 2.24) is 5.32 Å². The molecular weight excluding hydrogens is 266 g/mol. The first-order chi connectivity index (χ1) is 10.2. The molecule has 2 rings (SSSR count). The molecule has 0 saturated carbocycles. The quantitative estimate of drug-likeness (QED) is 0.848. The molecule has 1 aromatic heterocycles. The summed E-state index contributed by atoms with van der Waals surface area (Å²) in [5.41, 5.74) is 2.24.